The Hall–Kier alpha value is -3.00. The third-order valence-corrected chi connectivity index (χ3v) is 5.17. The molecule has 4 heteroatoms. The number of para-hydroxylation sites is 1. The first kappa shape index (κ1) is 28.0. The van der Waals surface area contributed by atoms with E-state index in [2.05, 4.69) is 114 Å². The molecule has 0 spiro atoms. The van der Waals surface area contributed by atoms with Crippen molar-refractivity contribution in [2.75, 3.05) is 56.5 Å². The molecule has 1 aliphatic heterocycles. The van der Waals surface area contributed by atoms with E-state index in [1.807, 2.05) is 13.8 Å². The normalized spacial score (nSPS) is 13.6. The number of piperazine rings is 1. The smallest absolute Gasteiger partial charge is 0.0460 e. The maximum atomic E-state index is 4.92. The van der Waals surface area contributed by atoms with Crippen molar-refractivity contribution in [2.24, 2.45) is 5.92 Å². The van der Waals surface area contributed by atoms with Gasteiger partial charge in [-0.2, -0.15) is 0 Å². The molecule has 3 rings (SSSR count). The highest BCUT2D eigenvalue weighted by Crippen LogP contribution is 2.30. The van der Waals surface area contributed by atoms with Crippen LogP contribution >= 0.6 is 0 Å². The van der Waals surface area contributed by atoms with Gasteiger partial charge in [0, 0.05) is 67.9 Å². The molecule has 1 N–H and O–H groups in total. The molecule has 4 nitrogen and oxygen atoms in total. The number of hydrogen-bond acceptors (Lipinski definition) is 4. The molecule has 0 atom stereocenters. The van der Waals surface area contributed by atoms with Crippen molar-refractivity contribution in [3.63, 3.8) is 0 Å². The number of benzene rings is 2. The quantitative estimate of drug-likeness (QED) is 0.410. The van der Waals surface area contributed by atoms with Gasteiger partial charge in [0.05, 0.1) is 0 Å². The Morgan fingerprint density at radius 1 is 1.00 bits per heavy atom. The molecular weight excluding hydrogens is 404 g/mol. The van der Waals surface area contributed by atoms with Crippen LogP contribution in [0, 0.1) is 18.3 Å². The second kappa shape index (κ2) is 15.7. The maximum Gasteiger partial charge on any atom is 0.0460 e. The van der Waals surface area contributed by atoms with Crippen LogP contribution in [0.4, 0.5) is 17.1 Å². The van der Waals surface area contributed by atoms with E-state index in [1.54, 1.807) is 0 Å². The summed E-state index contributed by atoms with van der Waals surface area (Å²) in [6, 6.07) is 19.1. The van der Waals surface area contributed by atoms with E-state index in [0.29, 0.717) is 5.92 Å². The highest BCUT2D eigenvalue weighted by atomic mass is 15.3. The van der Waals surface area contributed by atoms with E-state index in [4.69, 9.17) is 6.42 Å². The fourth-order valence-corrected chi connectivity index (χ4v) is 3.36. The zero-order valence-corrected chi connectivity index (χ0v) is 21.1. The van der Waals surface area contributed by atoms with E-state index in [1.165, 1.54) is 0 Å². The van der Waals surface area contributed by atoms with Crippen LogP contribution < -0.4 is 10.2 Å². The Kier molecular flexibility index (Phi) is 13.4. The van der Waals surface area contributed by atoms with E-state index < -0.39 is 0 Å². The molecular formula is C29H42N4. The summed E-state index contributed by atoms with van der Waals surface area (Å²) in [6.07, 6.45) is 4.92. The molecule has 0 saturated carbocycles. The number of likely N-dealkylation sites (N-methyl/N-ethyl adjacent to an activating group) is 1. The van der Waals surface area contributed by atoms with Gasteiger partial charge in [0.2, 0.25) is 0 Å². The molecule has 1 fully saturated rings. The zero-order valence-electron chi connectivity index (χ0n) is 21.1. The molecule has 1 heterocycles. The van der Waals surface area contributed by atoms with Crippen molar-refractivity contribution in [1.82, 2.24) is 9.80 Å². The SMILES string of the molecule is C#CC(C)C.C=C.C=C(CN1CCN(C)CC1)N(c1ccccc1)c1ccc(NCC)cc1. The lowest BCUT2D eigenvalue weighted by Crippen LogP contribution is -2.45. The second-order valence-corrected chi connectivity index (χ2v) is 8.22. The number of hydrogen-bond donors (Lipinski definition) is 1. The fraction of sp³-hybridized carbons (Fsp3) is 0.379. The monoisotopic (exact) mass is 446 g/mol. The minimum absolute atomic E-state index is 0.412. The Morgan fingerprint density at radius 2 is 1.52 bits per heavy atom. The lowest BCUT2D eigenvalue weighted by Gasteiger charge is -2.35. The van der Waals surface area contributed by atoms with Gasteiger partial charge < -0.3 is 15.1 Å². The predicted octanol–water partition coefficient (Wildman–Crippen LogP) is 6.10. The summed E-state index contributed by atoms with van der Waals surface area (Å²) in [5.41, 5.74) is 4.56. The Bertz CT molecular complexity index is 828. The summed E-state index contributed by atoms with van der Waals surface area (Å²) < 4.78 is 0. The first-order valence-electron chi connectivity index (χ1n) is 11.7. The van der Waals surface area contributed by atoms with Gasteiger partial charge in [-0.25, -0.2) is 0 Å². The van der Waals surface area contributed by atoms with Crippen molar-refractivity contribution in [1.29, 1.82) is 0 Å². The minimum atomic E-state index is 0.412. The van der Waals surface area contributed by atoms with Gasteiger partial charge in [0.1, 0.15) is 0 Å². The molecule has 2 aromatic carbocycles. The zero-order chi connectivity index (χ0) is 24.6. The summed E-state index contributed by atoms with van der Waals surface area (Å²) in [5, 5.41) is 3.36. The molecule has 1 saturated heterocycles. The molecule has 178 valence electrons. The van der Waals surface area contributed by atoms with Gasteiger partial charge in [-0.1, -0.05) is 38.6 Å². The molecule has 0 aromatic heterocycles. The molecule has 0 unspecified atom stereocenters. The lowest BCUT2D eigenvalue weighted by atomic mass is 10.2. The predicted molar refractivity (Wildman–Crippen MR) is 147 cm³/mol. The van der Waals surface area contributed by atoms with Crippen molar-refractivity contribution < 1.29 is 0 Å². The van der Waals surface area contributed by atoms with Crippen LogP contribution in [0.25, 0.3) is 0 Å². The molecule has 0 aliphatic carbocycles. The van der Waals surface area contributed by atoms with Gasteiger partial charge in [0.15, 0.2) is 0 Å². The first-order chi connectivity index (χ1) is 15.9. The molecule has 1 aliphatic rings. The highest BCUT2D eigenvalue weighted by molar-refractivity contribution is 5.69. The fourth-order valence-electron chi connectivity index (χ4n) is 3.36. The van der Waals surface area contributed by atoms with Crippen LogP contribution in [0.3, 0.4) is 0 Å². The van der Waals surface area contributed by atoms with Crippen molar-refractivity contribution in [3.8, 4) is 12.3 Å². The summed E-state index contributed by atoms with van der Waals surface area (Å²) in [7, 11) is 2.19. The summed E-state index contributed by atoms with van der Waals surface area (Å²) in [6.45, 7) is 22.8. The van der Waals surface area contributed by atoms with Gasteiger partial charge >= 0.3 is 0 Å². The molecule has 0 amide bonds. The maximum absolute atomic E-state index is 4.92. The molecule has 33 heavy (non-hydrogen) atoms. The Morgan fingerprint density at radius 3 is 2.00 bits per heavy atom. The van der Waals surface area contributed by atoms with Crippen LogP contribution in [0.1, 0.15) is 20.8 Å². The average Bonchev–Trinajstić information content (AvgIpc) is 2.84. The van der Waals surface area contributed by atoms with E-state index in [-0.39, 0.29) is 0 Å². The Labute approximate surface area is 202 Å². The number of nitrogens with one attached hydrogen (secondary N) is 1. The number of nitrogens with zero attached hydrogens (tertiary/aromatic N) is 3. The van der Waals surface area contributed by atoms with Crippen LogP contribution in [0.15, 0.2) is 80.0 Å². The summed E-state index contributed by atoms with van der Waals surface area (Å²) >= 11 is 0. The third kappa shape index (κ3) is 9.99. The third-order valence-electron chi connectivity index (χ3n) is 5.17. The number of rotatable bonds is 7. The van der Waals surface area contributed by atoms with Crippen LogP contribution in [0.2, 0.25) is 0 Å². The number of anilines is 3. The van der Waals surface area contributed by atoms with Crippen LogP contribution in [-0.2, 0) is 0 Å². The highest BCUT2D eigenvalue weighted by Gasteiger charge is 2.19. The second-order valence-electron chi connectivity index (χ2n) is 8.22. The summed E-state index contributed by atoms with van der Waals surface area (Å²) in [4.78, 5) is 7.15. The largest absolute Gasteiger partial charge is 0.385 e. The van der Waals surface area contributed by atoms with Gasteiger partial charge in [0.25, 0.3) is 0 Å². The molecule has 0 bridgehead atoms. The van der Waals surface area contributed by atoms with Crippen LogP contribution in [0.5, 0.6) is 0 Å². The van der Waals surface area contributed by atoms with Crippen LogP contribution in [-0.4, -0.2) is 56.1 Å². The molecule has 2 aromatic rings. The van der Waals surface area contributed by atoms with Crippen molar-refractivity contribution in [2.45, 2.75) is 20.8 Å². The van der Waals surface area contributed by atoms with Gasteiger partial charge in [-0.05, 0) is 50.4 Å². The Balaban J connectivity index is 0.000000689. The van der Waals surface area contributed by atoms with Crippen molar-refractivity contribution >= 4 is 17.1 Å². The topological polar surface area (TPSA) is 21.8 Å². The molecule has 0 radical (unpaired) electrons. The van der Waals surface area contributed by atoms with Crippen molar-refractivity contribution in [3.05, 3.63) is 80.0 Å². The first-order valence-corrected chi connectivity index (χ1v) is 11.7. The average molecular weight is 447 g/mol. The van der Waals surface area contributed by atoms with E-state index in [9.17, 15) is 0 Å². The van der Waals surface area contributed by atoms with E-state index in [0.717, 1.165) is 62.0 Å². The van der Waals surface area contributed by atoms with E-state index >= 15 is 0 Å². The standard InChI is InChI=1S/C22H30N4.C5H8.C2H4/c1-4-23-20-10-12-22(13-11-20)26(21-8-6-5-7-9-21)19(2)18-25-16-14-24(3)15-17-25;1-4-5(2)3;1-2/h5-13,23H,2,4,14-18H2,1,3H3;1,5H,2-3H3;1-2H2. The minimum Gasteiger partial charge on any atom is -0.385 e. The van der Waals surface area contributed by atoms with Gasteiger partial charge in [-0.3, -0.25) is 4.90 Å². The summed E-state index contributed by atoms with van der Waals surface area (Å²) in [5.74, 6) is 2.94. The number of terminal acetylenes is 1. The van der Waals surface area contributed by atoms with Gasteiger partial charge in [-0.15, -0.1) is 25.5 Å². The lowest BCUT2D eigenvalue weighted by molar-refractivity contribution is 0.163.